The van der Waals surface area contributed by atoms with Crippen molar-refractivity contribution in [3.63, 3.8) is 0 Å². The first-order chi connectivity index (χ1) is 10.9. The lowest BCUT2D eigenvalue weighted by atomic mass is 9.96. The Kier molecular flexibility index (Phi) is 5.39. The van der Waals surface area contributed by atoms with Crippen molar-refractivity contribution in [2.24, 2.45) is 0 Å². The summed E-state index contributed by atoms with van der Waals surface area (Å²) in [5.41, 5.74) is -0.131. The van der Waals surface area contributed by atoms with Crippen LogP contribution in [0.2, 0.25) is 0 Å². The van der Waals surface area contributed by atoms with Crippen LogP contribution in [0, 0.1) is 6.92 Å². The molecular weight excluding hydrogens is 314 g/mol. The molecule has 23 heavy (non-hydrogen) atoms. The van der Waals surface area contributed by atoms with Gasteiger partial charge in [-0.25, -0.2) is 4.79 Å². The van der Waals surface area contributed by atoms with Crippen LogP contribution in [0.25, 0.3) is 0 Å². The van der Waals surface area contributed by atoms with E-state index in [9.17, 15) is 9.59 Å². The third kappa shape index (κ3) is 4.82. The standard InChI is InChI=1S/C17H19NO4S/c1-12-8-9-14(23-12)17(2,10-15(19)20)18-16(21)22-11-13-6-4-3-5-7-13/h3-9H,10-11H2,1-2H3,(H,18,21)(H,19,20). The van der Waals surface area contributed by atoms with Crippen molar-refractivity contribution in [2.75, 3.05) is 0 Å². The molecule has 1 unspecified atom stereocenters. The van der Waals surface area contributed by atoms with E-state index in [1.54, 1.807) is 6.92 Å². The van der Waals surface area contributed by atoms with Gasteiger partial charge in [0, 0.05) is 9.75 Å². The number of benzene rings is 1. The van der Waals surface area contributed by atoms with Gasteiger partial charge in [-0.05, 0) is 31.5 Å². The number of aliphatic carboxylic acids is 1. The molecular formula is C17H19NO4S. The highest BCUT2D eigenvalue weighted by molar-refractivity contribution is 7.12. The number of alkyl carbamates (subject to hydrolysis) is 1. The number of rotatable bonds is 6. The van der Waals surface area contributed by atoms with Gasteiger partial charge in [0.25, 0.3) is 0 Å². The molecule has 0 spiro atoms. The lowest BCUT2D eigenvalue weighted by Gasteiger charge is -2.27. The van der Waals surface area contributed by atoms with E-state index in [4.69, 9.17) is 9.84 Å². The molecule has 1 atom stereocenters. The molecule has 122 valence electrons. The van der Waals surface area contributed by atoms with E-state index in [0.29, 0.717) is 0 Å². The van der Waals surface area contributed by atoms with E-state index >= 15 is 0 Å². The highest BCUT2D eigenvalue weighted by Gasteiger charge is 2.33. The third-order valence-corrected chi connectivity index (χ3v) is 4.64. The fourth-order valence-electron chi connectivity index (χ4n) is 2.21. The number of nitrogens with one attached hydrogen (secondary N) is 1. The summed E-state index contributed by atoms with van der Waals surface area (Å²) in [6, 6.07) is 13.0. The predicted octanol–water partition coefficient (Wildman–Crippen LogP) is 3.67. The van der Waals surface area contributed by atoms with Crippen LogP contribution in [-0.2, 0) is 21.7 Å². The second kappa shape index (κ2) is 7.28. The van der Waals surface area contributed by atoms with Crippen LogP contribution >= 0.6 is 11.3 Å². The van der Waals surface area contributed by atoms with E-state index in [1.165, 1.54) is 11.3 Å². The van der Waals surface area contributed by atoms with E-state index < -0.39 is 17.6 Å². The molecule has 0 aliphatic heterocycles. The lowest BCUT2D eigenvalue weighted by molar-refractivity contribution is -0.138. The Morgan fingerprint density at radius 1 is 1.22 bits per heavy atom. The number of hydrogen-bond donors (Lipinski definition) is 2. The number of ether oxygens (including phenoxy) is 1. The Labute approximate surface area is 138 Å². The second-order valence-corrected chi connectivity index (χ2v) is 6.79. The zero-order valence-electron chi connectivity index (χ0n) is 13.0. The van der Waals surface area contributed by atoms with Crippen LogP contribution < -0.4 is 5.32 Å². The molecule has 2 aromatic rings. The molecule has 1 amide bonds. The molecule has 2 N–H and O–H groups in total. The molecule has 5 nitrogen and oxygen atoms in total. The Morgan fingerprint density at radius 3 is 2.48 bits per heavy atom. The van der Waals surface area contributed by atoms with Crippen LogP contribution in [-0.4, -0.2) is 17.2 Å². The van der Waals surface area contributed by atoms with Gasteiger partial charge in [0.05, 0.1) is 12.0 Å². The number of aryl methyl sites for hydroxylation is 1. The fraction of sp³-hybridized carbons (Fsp3) is 0.294. The first kappa shape index (κ1) is 17.0. The zero-order valence-corrected chi connectivity index (χ0v) is 13.9. The first-order valence-corrected chi connectivity index (χ1v) is 7.98. The van der Waals surface area contributed by atoms with Crippen LogP contribution in [0.15, 0.2) is 42.5 Å². The number of carbonyl (C=O) groups is 2. The summed E-state index contributed by atoms with van der Waals surface area (Å²) in [7, 11) is 0. The maximum Gasteiger partial charge on any atom is 0.408 e. The molecule has 0 saturated carbocycles. The van der Waals surface area contributed by atoms with Crippen molar-refractivity contribution in [3.05, 3.63) is 57.8 Å². The molecule has 1 aromatic carbocycles. The van der Waals surface area contributed by atoms with Crippen molar-refractivity contribution in [3.8, 4) is 0 Å². The van der Waals surface area contributed by atoms with E-state index in [0.717, 1.165) is 15.3 Å². The maximum absolute atomic E-state index is 12.1. The maximum atomic E-state index is 12.1. The summed E-state index contributed by atoms with van der Waals surface area (Å²) in [4.78, 5) is 25.1. The second-order valence-electron chi connectivity index (χ2n) is 5.50. The minimum atomic E-state index is -1.00. The SMILES string of the molecule is Cc1ccc(C(C)(CC(=O)O)NC(=O)OCc2ccccc2)s1. The Hall–Kier alpha value is -2.34. The van der Waals surface area contributed by atoms with Gasteiger partial charge >= 0.3 is 12.1 Å². The zero-order chi connectivity index (χ0) is 16.9. The summed E-state index contributed by atoms with van der Waals surface area (Å²) in [6.07, 6.45) is -0.850. The minimum absolute atomic E-state index is 0.138. The number of thiophene rings is 1. The monoisotopic (exact) mass is 333 g/mol. The van der Waals surface area contributed by atoms with Crippen LogP contribution in [0.4, 0.5) is 4.79 Å². The van der Waals surface area contributed by atoms with Crippen molar-refractivity contribution >= 4 is 23.4 Å². The highest BCUT2D eigenvalue weighted by atomic mass is 32.1. The van der Waals surface area contributed by atoms with Crippen molar-refractivity contribution < 1.29 is 19.4 Å². The van der Waals surface area contributed by atoms with Gasteiger partial charge in [-0.3, -0.25) is 4.79 Å². The van der Waals surface area contributed by atoms with Crippen molar-refractivity contribution in [1.29, 1.82) is 0 Å². The van der Waals surface area contributed by atoms with Gasteiger partial charge in [-0.1, -0.05) is 30.3 Å². The summed E-state index contributed by atoms with van der Waals surface area (Å²) in [5, 5.41) is 11.8. The number of carboxylic acid groups (broad SMARTS) is 1. The number of carboxylic acids is 1. The molecule has 0 aliphatic carbocycles. The van der Waals surface area contributed by atoms with Gasteiger partial charge in [0.2, 0.25) is 0 Å². The Morgan fingerprint density at radius 2 is 1.91 bits per heavy atom. The van der Waals surface area contributed by atoms with Gasteiger partial charge in [-0.15, -0.1) is 11.3 Å². The van der Waals surface area contributed by atoms with Crippen molar-refractivity contribution in [1.82, 2.24) is 5.32 Å². The summed E-state index contributed by atoms with van der Waals surface area (Å²) in [5.74, 6) is -0.984. The molecule has 1 heterocycles. The van der Waals surface area contributed by atoms with E-state index in [1.807, 2.05) is 49.4 Å². The quantitative estimate of drug-likeness (QED) is 0.845. The van der Waals surface area contributed by atoms with E-state index in [2.05, 4.69) is 5.32 Å². The largest absolute Gasteiger partial charge is 0.481 e. The number of hydrogen-bond acceptors (Lipinski definition) is 4. The summed E-state index contributed by atoms with van der Waals surface area (Å²) < 4.78 is 5.20. The molecule has 0 bridgehead atoms. The molecule has 1 aromatic heterocycles. The van der Waals surface area contributed by atoms with Gasteiger partial charge in [-0.2, -0.15) is 0 Å². The Balaban J connectivity index is 2.05. The van der Waals surface area contributed by atoms with Gasteiger partial charge in [0.15, 0.2) is 0 Å². The van der Waals surface area contributed by atoms with Crippen LogP contribution in [0.1, 0.15) is 28.7 Å². The fourth-order valence-corrected chi connectivity index (χ4v) is 3.18. The van der Waals surface area contributed by atoms with E-state index in [-0.39, 0.29) is 13.0 Å². The average Bonchev–Trinajstić information content (AvgIpc) is 2.93. The minimum Gasteiger partial charge on any atom is -0.481 e. The molecule has 0 aliphatic rings. The molecule has 0 saturated heterocycles. The van der Waals surface area contributed by atoms with Crippen LogP contribution in [0.3, 0.4) is 0 Å². The normalized spacial score (nSPS) is 13.1. The first-order valence-electron chi connectivity index (χ1n) is 7.16. The van der Waals surface area contributed by atoms with Gasteiger partial charge in [0.1, 0.15) is 6.61 Å². The van der Waals surface area contributed by atoms with Crippen LogP contribution in [0.5, 0.6) is 0 Å². The highest BCUT2D eigenvalue weighted by Crippen LogP contribution is 2.31. The lowest BCUT2D eigenvalue weighted by Crippen LogP contribution is -2.44. The summed E-state index contributed by atoms with van der Waals surface area (Å²) >= 11 is 1.46. The Bertz CT molecular complexity index is 683. The predicted molar refractivity (Wildman–Crippen MR) is 88.4 cm³/mol. The number of amides is 1. The topological polar surface area (TPSA) is 75.6 Å². The third-order valence-electron chi connectivity index (χ3n) is 3.38. The molecule has 2 rings (SSSR count). The molecule has 0 radical (unpaired) electrons. The summed E-state index contributed by atoms with van der Waals surface area (Å²) in [6.45, 7) is 3.76. The number of carbonyl (C=O) groups excluding carboxylic acids is 1. The molecule has 6 heteroatoms. The molecule has 0 fully saturated rings. The average molecular weight is 333 g/mol. The van der Waals surface area contributed by atoms with Gasteiger partial charge < -0.3 is 15.2 Å². The van der Waals surface area contributed by atoms with Crippen molar-refractivity contribution in [2.45, 2.75) is 32.4 Å². The smallest absolute Gasteiger partial charge is 0.408 e.